The molecule has 34 heavy (non-hydrogen) atoms. The number of imide groups is 1. The fourth-order valence-electron chi connectivity index (χ4n) is 5.07. The van der Waals surface area contributed by atoms with E-state index in [9.17, 15) is 18.8 Å². The van der Waals surface area contributed by atoms with Gasteiger partial charge in [0.2, 0.25) is 11.8 Å². The first-order chi connectivity index (χ1) is 16.4. The molecule has 2 heterocycles. The van der Waals surface area contributed by atoms with Gasteiger partial charge >= 0.3 is 5.97 Å². The number of hydrogen-bond donors (Lipinski definition) is 1. The van der Waals surface area contributed by atoms with Gasteiger partial charge in [-0.05, 0) is 55.7 Å². The highest BCUT2D eigenvalue weighted by molar-refractivity contribution is 7.98. The highest BCUT2D eigenvalue weighted by atomic mass is 32.2. The number of nitrogens with zero attached hydrogens (tertiary/aromatic N) is 1. The smallest absolute Gasteiger partial charge is 0.326 e. The molecular weight excluding hydrogens is 459 g/mol. The van der Waals surface area contributed by atoms with Gasteiger partial charge in [0.25, 0.3) is 0 Å². The number of esters is 1. The lowest BCUT2D eigenvalue weighted by atomic mass is 9.78. The van der Waals surface area contributed by atoms with Gasteiger partial charge in [0.15, 0.2) is 0 Å². The first kappa shape index (κ1) is 24.2. The van der Waals surface area contributed by atoms with Crippen molar-refractivity contribution in [1.29, 1.82) is 0 Å². The molecule has 2 amide bonds. The van der Waals surface area contributed by atoms with Gasteiger partial charge in [0, 0.05) is 11.6 Å². The zero-order valence-electron chi connectivity index (χ0n) is 19.2. The monoisotopic (exact) mass is 486 g/mol. The van der Waals surface area contributed by atoms with Crippen molar-refractivity contribution < 1.29 is 28.2 Å². The van der Waals surface area contributed by atoms with Gasteiger partial charge in [-0.3, -0.25) is 19.7 Å². The number of ether oxygens (including phenoxy) is 2. The first-order valence-corrected chi connectivity index (χ1v) is 12.5. The van der Waals surface area contributed by atoms with Crippen LogP contribution >= 0.6 is 11.8 Å². The van der Waals surface area contributed by atoms with E-state index < -0.39 is 47.0 Å². The number of thioether (sulfide) groups is 1. The number of nitrogens with one attached hydrogen (secondary N) is 1. The van der Waals surface area contributed by atoms with Crippen LogP contribution in [0.3, 0.4) is 0 Å². The summed E-state index contributed by atoms with van der Waals surface area (Å²) in [5.74, 6) is -2.96. The number of carbonyl (C=O) groups excluding carboxylic acids is 3. The SMILES string of the molecule is CCOc1ccc(N2C(=O)[C@@H]3[C@@H](c4ccccc4F)N[C@@](CCSC)(C(=O)OC)[C@@H]3C2=O)cc1. The minimum atomic E-state index is -1.46. The summed E-state index contributed by atoms with van der Waals surface area (Å²) >= 11 is 1.51. The van der Waals surface area contributed by atoms with Crippen molar-refractivity contribution in [2.24, 2.45) is 11.8 Å². The third-order valence-electron chi connectivity index (χ3n) is 6.55. The summed E-state index contributed by atoms with van der Waals surface area (Å²) < 4.78 is 25.4. The molecule has 2 saturated heterocycles. The van der Waals surface area contributed by atoms with Crippen LogP contribution < -0.4 is 15.0 Å². The number of rotatable bonds is 8. The van der Waals surface area contributed by atoms with Gasteiger partial charge in [0.05, 0.1) is 31.2 Å². The predicted octanol–water partition coefficient (Wildman–Crippen LogP) is 3.34. The lowest BCUT2D eigenvalue weighted by Gasteiger charge is -2.32. The molecule has 0 aliphatic carbocycles. The lowest BCUT2D eigenvalue weighted by molar-refractivity contribution is -0.152. The Morgan fingerprint density at radius 2 is 1.85 bits per heavy atom. The van der Waals surface area contributed by atoms with Crippen LogP contribution in [-0.4, -0.2) is 49.0 Å². The second-order valence-electron chi connectivity index (χ2n) is 8.29. The number of carbonyl (C=O) groups is 3. The quantitative estimate of drug-likeness (QED) is 0.453. The summed E-state index contributed by atoms with van der Waals surface area (Å²) in [7, 11) is 1.25. The maximum atomic E-state index is 14.9. The molecule has 2 aromatic carbocycles. The van der Waals surface area contributed by atoms with E-state index in [1.807, 2.05) is 13.2 Å². The van der Waals surface area contributed by atoms with E-state index in [0.717, 1.165) is 4.90 Å². The second kappa shape index (κ2) is 9.76. The van der Waals surface area contributed by atoms with Gasteiger partial charge in [-0.15, -0.1) is 0 Å². The number of amides is 2. The fourth-order valence-corrected chi connectivity index (χ4v) is 5.60. The molecule has 0 unspecified atom stereocenters. The second-order valence-corrected chi connectivity index (χ2v) is 9.28. The fraction of sp³-hybridized carbons (Fsp3) is 0.400. The van der Waals surface area contributed by atoms with E-state index in [1.54, 1.807) is 42.5 Å². The average Bonchev–Trinajstić information content (AvgIpc) is 3.32. The molecule has 2 aliphatic heterocycles. The van der Waals surface area contributed by atoms with Crippen LogP contribution in [0.25, 0.3) is 0 Å². The maximum absolute atomic E-state index is 14.9. The molecule has 2 aromatic rings. The number of halogens is 1. The maximum Gasteiger partial charge on any atom is 0.326 e. The highest BCUT2D eigenvalue weighted by Gasteiger charge is 2.68. The Balaban J connectivity index is 1.83. The van der Waals surface area contributed by atoms with Gasteiger partial charge in [-0.25, -0.2) is 9.29 Å². The van der Waals surface area contributed by atoms with E-state index in [4.69, 9.17) is 9.47 Å². The number of methoxy groups -OCH3 is 1. The predicted molar refractivity (Wildman–Crippen MR) is 127 cm³/mol. The van der Waals surface area contributed by atoms with E-state index in [1.165, 1.54) is 24.9 Å². The number of anilines is 1. The molecule has 1 N–H and O–H groups in total. The third-order valence-corrected chi connectivity index (χ3v) is 7.16. The molecule has 180 valence electrons. The molecular formula is C25H27FN2O5S. The molecule has 9 heteroatoms. The Hall–Kier alpha value is -2.91. The highest BCUT2D eigenvalue weighted by Crippen LogP contribution is 2.51. The Kier molecular flexibility index (Phi) is 6.95. The molecule has 4 rings (SSSR count). The minimum Gasteiger partial charge on any atom is -0.494 e. The van der Waals surface area contributed by atoms with Crippen molar-refractivity contribution in [2.75, 3.05) is 30.6 Å². The van der Waals surface area contributed by atoms with Gasteiger partial charge in [-0.2, -0.15) is 11.8 Å². The van der Waals surface area contributed by atoms with Crippen LogP contribution in [-0.2, 0) is 19.1 Å². The van der Waals surface area contributed by atoms with Crippen LogP contribution in [0.2, 0.25) is 0 Å². The number of benzene rings is 2. The van der Waals surface area contributed by atoms with Crippen molar-refractivity contribution in [3.63, 3.8) is 0 Å². The van der Waals surface area contributed by atoms with Crippen molar-refractivity contribution in [1.82, 2.24) is 5.32 Å². The first-order valence-electron chi connectivity index (χ1n) is 11.1. The Morgan fingerprint density at radius 1 is 1.15 bits per heavy atom. The average molecular weight is 487 g/mol. The summed E-state index contributed by atoms with van der Waals surface area (Å²) in [6.45, 7) is 2.34. The van der Waals surface area contributed by atoms with Gasteiger partial charge < -0.3 is 9.47 Å². The molecule has 0 saturated carbocycles. The number of fused-ring (bicyclic) bond motifs is 1. The summed E-state index contributed by atoms with van der Waals surface area (Å²) in [5.41, 5.74) is -0.840. The lowest BCUT2D eigenvalue weighted by Crippen LogP contribution is -2.56. The molecule has 0 bridgehead atoms. The summed E-state index contributed by atoms with van der Waals surface area (Å²) in [4.78, 5) is 41.8. The molecule has 0 spiro atoms. The van der Waals surface area contributed by atoms with Crippen LogP contribution in [0.4, 0.5) is 10.1 Å². The normalized spacial score (nSPS) is 26.0. The van der Waals surface area contributed by atoms with Gasteiger partial charge in [-0.1, -0.05) is 18.2 Å². The summed E-state index contributed by atoms with van der Waals surface area (Å²) in [5, 5.41) is 3.19. The molecule has 2 aliphatic rings. The third kappa shape index (κ3) is 3.86. The van der Waals surface area contributed by atoms with Crippen LogP contribution in [0.15, 0.2) is 48.5 Å². The van der Waals surface area contributed by atoms with E-state index in [2.05, 4.69) is 5.32 Å². The molecule has 4 atom stereocenters. The van der Waals surface area contributed by atoms with E-state index in [0.29, 0.717) is 23.8 Å². The summed E-state index contributed by atoms with van der Waals surface area (Å²) in [6, 6.07) is 11.9. The van der Waals surface area contributed by atoms with Crippen LogP contribution in [0, 0.1) is 17.7 Å². The molecule has 2 fully saturated rings. The van der Waals surface area contributed by atoms with Crippen molar-refractivity contribution in [2.45, 2.75) is 24.9 Å². The van der Waals surface area contributed by atoms with Crippen molar-refractivity contribution in [3.05, 3.63) is 59.9 Å². The summed E-state index contributed by atoms with van der Waals surface area (Å²) in [6.07, 6.45) is 2.14. The molecule has 0 aromatic heterocycles. The topological polar surface area (TPSA) is 84.9 Å². The molecule has 0 radical (unpaired) electrons. The van der Waals surface area contributed by atoms with Crippen molar-refractivity contribution >= 4 is 35.2 Å². The van der Waals surface area contributed by atoms with Gasteiger partial charge in [0.1, 0.15) is 17.1 Å². The standard InChI is InChI=1S/C25H27FN2O5S/c1-4-33-16-11-9-15(10-12-16)28-22(29)19-20(23(28)30)25(13-14-34-3,24(31)32-2)27-21(19)17-7-5-6-8-18(17)26/h5-12,19-21,27H,4,13-14H2,1-3H3/t19-,20-,21+,25+/m0/s1. The molecule has 7 nitrogen and oxygen atoms in total. The van der Waals surface area contributed by atoms with Crippen LogP contribution in [0.1, 0.15) is 24.9 Å². The minimum absolute atomic E-state index is 0.238. The van der Waals surface area contributed by atoms with Crippen molar-refractivity contribution in [3.8, 4) is 5.75 Å². The number of hydrogen-bond acceptors (Lipinski definition) is 7. The van der Waals surface area contributed by atoms with E-state index >= 15 is 0 Å². The Bertz CT molecular complexity index is 1090. The van der Waals surface area contributed by atoms with Crippen LogP contribution in [0.5, 0.6) is 5.75 Å². The Labute approximate surface area is 202 Å². The van der Waals surface area contributed by atoms with E-state index in [-0.39, 0.29) is 12.0 Å². The zero-order chi connectivity index (χ0) is 24.5. The largest absolute Gasteiger partial charge is 0.494 e. The Morgan fingerprint density at radius 3 is 2.47 bits per heavy atom. The zero-order valence-corrected chi connectivity index (χ0v) is 20.1.